The van der Waals surface area contributed by atoms with Crippen LogP contribution in [-0.4, -0.2) is 82.2 Å². The molecule has 0 bridgehead atoms. The van der Waals surface area contributed by atoms with Gasteiger partial charge >= 0.3 is 5.97 Å². The Labute approximate surface area is 319 Å². The lowest BCUT2D eigenvalue weighted by molar-refractivity contribution is -0.143. The van der Waals surface area contributed by atoms with Gasteiger partial charge in [-0.2, -0.15) is 0 Å². The first-order valence-corrected chi connectivity index (χ1v) is 22.0. The largest absolute Gasteiger partial charge is 0.466 e. The van der Waals surface area contributed by atoms with Gasteiger partial charge in [0.05, 0.1) is 19.4 Å². The summed E-state index contributed by atoms with van der Waals surface area (Å²) in [5.74, 6) is -0.00808. The number of esters is 1. The molecule has 1 atom stereocenters. The summed E-state index contributed by atoms with van der Waals surface area (Å²) in [6.45, 7) is 13.3. The van der Waals surface area contributed by atoms with Crippen LogP contribution in [0.5, 0.6) is 0 Å². The van der Waals surface area contributed by atoms with Crippen molar-refractivity contribution >= 4 is 5.97 Å². The normalized spacial score (nSPS) is 11.9. The number of carbonyl (C=O) groups excluding carboxylic acids is 1. The van der Waals surface area contributed by atoms with Crippen molar-refractivity contribution in [2.24, 2.45) is 5.73 Å². The molecule has 8 nitrogen and oxygen atoms in total. The number of nitrogens with zero attached hydrogens (tertiary/aromatic N) is 1. The molecular weight excluding hydrogens is 640 g/mol. The zero-order valence-electron chi connectivity index (χ0n) is 34.8. The molecule has 0 amide bonds. The van der Waals surface area contributed by atoms with E-state index >= 15 is 0 Å². The lowest BCUT2D eigenvalue weighted by atomic mass is 10.0. The molecular formula is C43H92N2O6. The maximum Gasteiger partial charge on any atom is 0.305 e. The summed E-state index contributed by atoms with van der Waals surface area (Å²) < 4.78 is 22.8. The van der Waals surface area contributed by atoms with Crippen LogP contribution in [0.3, 0.4) is 0 Å². The summed E-state index contributed by atoms with van der Waals surface area (Å²) in [6, 6.07) is 0. The maximum absolute atomic E-state index is 12.0. The van der Waals surface area contributed by atoms with Crippen LogP contribution in [0.15, 0.2) is 0 Å². The number of hydrogen-bond donors (Lipinski definition) is 2. The Bertz CT molecular complexity index is 649. The Morgan fingerprint density at radius 2 is 0.961 bits per heavy atom. The summed E-state index contributed by atoms with van der Waals surface area (Å²) in [5.41, 5.74) is 5.48. The van der Waals surface area contributed by atoms with Crippen LogP contribution >= 0.6 is 0 Å². The number of hydrogen-bond acceptors (Lipinski definition) is 8. The van der Waals surface area contributed by atoms with E-state index in [9.17, 15) is 4.79 Å². The fourth-order valence-electron chi connectivity index (χ4n) is 6.42. The van der Waals surface area contributed by atoms with Gasteiger partial charge in [-0.25, -0.2) is 0 Å². The Morgan fingerprint density at radius 1 is 0.549 bits per heavy atom. The Balaban J connectivity index is -0.00000785. The topological polar surface area (TPSA) is 103 Å². The molecule has 0 spiro atoms. The van der Waals surface area contributed by atoms with Crippen LogP contribution in [0.25, 0.3) is 0 Å². The summed E-state index contributed by atoms with van der Waals surface area (Å²) in [4.78, 5) is 14.7. The Kier molecular flexibility index (Phi) is 48.5. The minimum absolute atomic E-state index is 0. The van der Waals surface area contributed by atoms with Crippen LogP contribution < -0.4 is 5.73 Å². The second kappa shape index (κ2) is 47.3. The van der Waals surface area contributed by atoms with E-state index < -0.39 is 0 Å². The third kappa shape index (κ3) is 43.5. The van der Waals surface area contributed by atoms with Crippen molar-refractivity contribution in [1.82, 2.24) is 4.90 Å². The van der Waals surface area contributed by atoms with Crippen LogP contribution in [-0.2, 0) is 23.7 Å². The zero-order chi connectivity index (χ0) is 37.7. The fourth-order valence-corrected chi connectivity index (χ4v) is 6.42. The smallest absolute Gasteiger partial charge is 0.305 e. The highest BCUT2D eigenvalue weighted by atomic mass is 16.7. The molecule has 310 valence electrons. The average Bonchev–Trinajstić information content (AvgIpc) is 3.14. The van der Waals surface area contributed by atoms with Crippen LogP contribution in [0.1, 0.15) is 208 Å². The quantitative estimate of drug-likeness (QED) is 0.0363. The van der Waals surface area contributed by atoms with E-state index in [4.69, 9.17) is 29.8 Å². The molecule has 51 heavy (non-hydrogen) atoms. The van der Waals surface area contributed by atoms with E-state index in [0.717, 1.165) is 59.0 Å². The molecule has 0 heterocycles. The maximum atomic E-state index is 12.0. The van der Waals surface area contributed by atoms with Gasteiger partial charge in [-0.1, -0.05) is 143 Å². The van der Waals surface area contributed by atoms with Gasteiger partial charge in [0.25, 0.3) is 0 Å². The molecule has 0 saturated carbocycles. The van der Waals surface area contributed by atoms with Crippen molar-refractivity contribution in [3.05, 3.63) is 0 Å². The Morgan fingerprint density at radius 3 is 1.55 bits per heavy atom. The number of aliphatic hydroxyl groups is 1. The highest BCUT2D eigenvalue weighted by molar-refractivity contribution is 5.69. The second-order valence-corrected chi connectivity index (χ2v) is 14.4. The molecule has 3 N–H and O–H groups in total. The number of ether oxygens (including phenoxy) is 4. The van der Waals surface area contributed by atoms with E-state index in [2.05, 4.69) is 25.7 Å². The highest BCUT2D eigenvalue weighted by Crippen LogP contribution is 2.16. The minimum atomic E-state index is -0.00808. The molecule has 0 radical (unpaired) electrons. The third-order valence-corrected chi connectivity index (χ3v) is 9.66. The van der Waals surface area contributed by atoms with E-state index in [1.165, 1.54) is 161 Å². The van der Waals surface area contributed by atoms with Crippen LogP contribution in [0.2, 0.25) is 0 Å². The van der Waals surface area contributed by atoms with Gasteiger partial charge in [-0.05, 0) is 77.4 Å². The number of rotatable bonds is 42. The van der Waals surface area contributed by atoms with Gasteiger partial charge in [-0.15, -0.1) is 0 Å². The molecule has 1 unspecified atom stereocenters. The molecule has 8 heteroatoms. The summed E-state index contributed by atoms with van der Waals surface area (Å²) >= 11 is 0. The predicted octanol–water partition coefficient (Wildman–Crippen LogP) is 11.4. The standard InChI is InChI=1S/C42H86N2O5.CH4O.H2/c1-4-7-10-12-20-28-38-48-42(45)32-23-16-15-18-25-34-44(35-26-29-36-46-39-43)33-24-17-13-14-19-27-37-47-40-49-41(30-21-9-6-3)31-22-11-8-5-2;1-2;/h41H,4-40,43H2,1-3H3;2H,1H3;1H. The second-order valence-electron chi connectivity index (χ2n) is 14.4. The highest BCUT2D eigenvalue weighted by Gasteiger charge is 2.09. The van der Waals surface area contributed by atoms with Crippen molar-refractivity contribution in [3.63, 3.8) is 0 Å². The number of carbonyl (C=O) groups is 1. The molecule has 0 aromatic rings. The zero-order valence-corrected chi connectivity index (χ0v) is 34.8. The van der Waals surface area contributed by atoms with Crippen molar-refractivity contribution in [1.29, 1.82) is 0 Å². The van der Waals surface area contributed by atoms with Gasteiger partial charge in [0.2, 0.25) is 0 Å². The predicted molar refractivity (Wildman–Crippen MR) is 219 cm³/mol. The fraction of sp³-hybridized carbons (Fsp3) is 0.977. The number of unbranched alkanes of at least 4 members (excludes halogenated alkanes) is 20. The molecule has 0 aromatic carbocycles. The van der Waals surface area contributed by atoms with Crippen molar-refractivity contribution in [2.75, 3.05) is 60.1 Å². The van der Waals surface area contributed by atoms with Gasteiger partial charge < -0.3 is 34.7 Å². The number of nitrogens with two attached hydrogens (primary N) is 1. The van der Waals surface area contributed by atoms with Gasteiger partial charge in [-0.3, -0.25) is 4.79 Å². The third-order valence-electron chi connectivity index (χ3n) is 9.66. The van der Waals surface area contributed by atoms with E-state index in [-0.39, 0.29) is 7.40 Å². The van der Waals surface area contributed by atoms with Gasteiger partial charge in [0.1, 0.15) is 6.79 Å². The monoisotopic (exact) mass is 733 g/mol. The Hall–Kier alpha value is -0.770. The summed E-state index contributed by atoms with van der Waals surface area (Å²) in [7, 11) is 1.00. The number of aliphatic hydroxyl groups excluding tert-OH is 1. The van der Waals surface area contributed by atoms with Crippen molar-refractivity contribution < 1.29 is 30.3 Å². The molecule has 0 aromatic heterocycles. The minimum Gasteiger partial charge on any atom is -0.466 e. The van der Waals surface area contributed by atoms with E-state index in [0.29, 0.717) is 32.7 Å². The molecule has 0 fully saturated rings. The van der Waals surface area contributed by atoms with E-state index in [1.807, 2.05) is 0 Å². The first-order valence-electron chi connectivity index (χ1n) is 22.0. The first kappa shape index (κ1) is 52.3. The van der Waals surface area contributed by atoms with Crippen LogP contribution in [0.4, 0.5) is 0 Å². The first-order chi connectivity index (χ1) is 25.2. The average molecular weight is 733 g/mol. The molecule has 0 saturated heterocycles. The molecule has 0 rings (SSSR count). The summed E-state index contributed by atoms with van der Waals surface area (Å²) in [5, 5.41) is 7.00. The van der Waals surface area contributed by atoms with Crippen molar-refractivity contribution in [3.8, 4) is 0 Å². The SMILES string of the molecule is CCCCCCCCOC(=O)CCCCCCCN(CCCCCCCCOCOC(CCCCC)CCCCCC)CCCCOCN.CO.[HH]. The van der Waals surface area contributed by atoms with Crippen LogP contribution in [0, 0.1) is 0 Å². The molecule has 0 aliphatic heterocycles. The summed E-state index contributed by atoms with van der Waals surface area (Å²) in [6.07, 6.45) is 35.4. The lowest BCUT2D eigenvalue weighted by Gasteiger charge is -2.22. The van der Waals surface area contributed by atoms with Crippen molar-refractivity contribution in [2.45, 2.75) is 213 Å². The van der Waals surface area contributed by atoms with Gasteiger partial charge in [0, 0.05) is 28.2 Å². The lowest BCUT2D eigenvalue weighted by Crippen LogP contribution is -2.27. The van der Waals surface area contributed by atoms with Gasteiger partial charge in [0.15, 0.2) is 0 Å². The van der Waals surface area contributed by atoms with E-state index in [1.54, 1.807) is 0 Å². The molecule has 0 aliphatic rings. The molecule has 0 aliphatic carbocycles.